The Labute approximate surface area is 176 Å². The van der Waals surface area contributed by atoms with E-state index < -0.39 is 0 Å². The topological polar surface area (TPSA) is 47.7 Å². The van der Waals surface area contributed by atoms with Gasteiger partial charge in [0.05, 0.1) is 6.61 Å². The zero-order valence-electron chi connectivity index (χ0n) is 18.3. The Balaban J connectivity index is 1.82. The molecule has 0 amide bonds. The molecule has 0 spiro atoms. The summed E-state index contributed by atoms with van der Waals surface area (Å²) in [7, 11) is 0. The molecule has 158 valence electrons. The predicted molar refractivity (Wildman–Crippen MR) is 120 cm³/mol. The Morgan fingerprint density at radius 1 is 0.897 bits per heavy atom. The van der Waals surface area contributed by atoms with Gasteiger partial charge in [-0.1, -0.05) is 76.3 Å². The lowest BCUT2D eigenvalue weighted by Crippen LogP contribution is -1.98. The van der Waals surface area contributed by atoms with E-state index in [0.29, 0.717) is 22.2 Å². The number of hydrogen-bond acceptors (Lipinski definition) is 3. The van der Waals surface area contributed by atoms with Crippen LogP contribution in [0.4, 0.5) is 11.4 Å². The van der Waals surface area contributed by atoms with E-state index in [1.165, 1.54) is 37.7 Å². The summed E-state index contributed by atoms with van der Waals surface area (Å²) in [5, 5.41) is 16.5. The Bertz CT molecular complexity index is 723. The van der Waals surface area contributed by atoms with Crippen LogP contribution in [0.3, 0.4) is 0 Å². The fourth-order valence-electron chi connectivity index (χ4n) is 3.15. The van der Waals surface area contributed by atoms with Crippen molar-refractivity contribution in [3.63, 3.8) is 0 Å². The Morgan fingerprint density at radius 2 is 1.55 bits per heavy atom. The van der Waals surface area contributed by atoms with Crippen molar-refractivity contribution in [2.45, 2.75) is 72.1 Å². The van der Waals surface area contributed by atoms with Crippen LogP contribution in [-0.2, 0) is 6.42 Å². The van der Waals surface area contributed by atoms with E-state index in [0.717, 1.165) is 31.6 Å². The highest BCUT2D eigenvalue weighted by Crippen LogP contribution is 2.22. The second-order valence-electron chi connectivity index (χ2n) is 7.87. The highest BCUT2D eigenvalue weighted by Gasteiger charge is 2.07. The Hall–Kier alpha value is -2.36. The monoisotopic (exact) mass is 396 g/mol. The minimum atomic E-state index is 0.543. The summed E-state index contributed by atoms with van der Waals surface area (Å²) in [5.41, 5.74) is 2.42. The van der Waals surface area contributed by atoms with Gasteiger partial charge in [-0.2, -0.15) is 0 Å². The molecule has 0 saturated heterocycles. The summed E-state index contributed by atoms with van der Waals surface area (Å²) in [6.45, 7) is 7.40. The maximum absolute atomic E-state index is 12.3. The molecule has 4 heteroatoms. The second kappa shape index (κ2) is 13.0. The van der Waals surface area contributed by atoms with Gasteiger partial charge in [-0.3, -0.25) is 0 Å². The van der Waals surface area contributed by atoms with Gasteiger partial charge in [-0.15, -0.1) is 0 Å². The molecule has 29 heavy (non-hydrogen) atoms. The third-order valence-corrected chi connectivity index (χ3v) is 5.25. The van der Waals surface area contributed by atoms with Gasteiger partial charge in [0.1, 0.15) is 11.4 Å². The van der Waals surface area contributed by atoms with Crippen LogP contribution in [0.15, 0.2) is 53.6 Å². The van der Waals surface area contributed by atoms with Crippen LogP contribution in [0.2, 0.25) is 0 Å². The third kappa shape index (κ3) is 8.68. The molecule has 2 aromatic carbocycles. The minimum absolute atomic E-state index is 0.543. The Morgan fingerprint density at radius 3 is 2.21 bits per heavy atom. The van der Waals surface area contributed by atoms with Gasteiger partial charge in [0.15, 0.2) is 0 Å². The third-order valence-electron chi connectivity index (χ3n) is 5.25. The van der Waals surface area contributed by atoms with Crippen molar-refractivity contribution in [3.05, 3.63) is 59.3 Å². The summed E-state index contributed by atoms with van der Waals surface area (Å²) in [5.74, 6) is 1.47. The number of hydrogen-bond donors (Lipinski definition) is 0. The molecule has 0 N–H and O–H groups in total. The molecule has 0 aliphatic carbocycles. The van der Waals surface area contributed by atoms with Crippen molar-refractivity contribution in [1.82, 2.24) is 0 Å². The zero-order chi connectivity index (χ0) is 20.9. The van der Waals surface area contributed by atoms with Gasteiger partial charge in [0, 0.05) is 17.2 Å². The van der Waals surface area contributed by atoms with E-state index in [-0.39, 0.29) is 0 Å². The lowest BCUT2D eigenvalue weighted by atomic mass is 9.99. The summed E-state index contributed by atoms with van der Waals surface area (Å²) >= 11 is 0. The summed E-state index contributed by atoms with van der Waals surface area (Å²) in [6, 6.07) is 15.1. The molecular weight excluding hydrogens is 360 g/mol. The first-order valence-corrected chi connectivity index (χ1v) is 11.1. The van der Waals surface area contributed by atoms with E-state index in [9.17, 15) is 5.21 Å². The van der Waals surface area contributed by atoms with Gasteiger partial charge >= 0.3 is 0 Å². The van der Waals surface area contributed by atoms with Crippen LogP contribution >= 0.6 is 0 Å². The highest BCUT2D eigenvalue weighted by molar-refractivity contribution is 5.40. The first-order valence-electron chi connectivity index (χ1n) is 11.1. The van der Waals surface area contributed by atoms with Crippen LogP contribution in [0.1, 0.15) is 71.3 Å². The van der Waals surface area contributed by atoms with Crippen LogP contribution in [0.5, 0.6) is 5.75 Å². The SMILES string of the molecule is CCCCCCCCOc1ccc(N=[N+]([O-])c2ccc(CC(C)CC)cc2)cc1. The van der Waals surface area contributed by atoms with Gasteiger partial charge in [0.2, 0.25) is 5.69 Å². The van der Waals surface area contributed by atoms with Crippen LogP contribution in [0, 0.1) is 11.1 Å². The molecule has 0 aliphatic heterocycles. The number of rotatable bonds is 13. The van der Waals surface area contributed by atoms with Crippen LogP contribution in [0.25, 0.3) is 0 Å². The minimum Gasteiger partial charge on any atom is -0.594 e. The molecule has 0 heterocycles. The molecule has 0 aromatic heterocycles. The van der Waals surface area contributed by atoms with Crippen LogP contribution < -0.4 is 4.74 Å². The first-order chi connectivity index (χ1) is 14.1. The molecule has 0 bridgehead atoms. The molecule has 1 unspecified atom stereocenters. The van der Waals surface area contributed by atoms with E-state index in [4.69, 9.17) is 4.74 Å². The summed E-state index contributed by atoms with van der Waals surface area (Å²) in [6.07, 6.45) is 9.69. The molecule has 4 nitrogen and oxygen atoms in total. The standard InChI is InChI=1S/C25H36N2O2/c1-4-6-7-8-9-10-19-29-25-17-13-23(14-18-25)26-27(28)24-15-11-22(12-16-24)20-21(3)5-2/h11-18,21H,4-10,19-20H2,1-3H3. The van der Waals surface area contributed by atoms with E-state index in [1.807, 2.05) is 48.5 Å². The average molecular weight is 397 g/mol. The molecule has 0 fully saturated rings. The van der Waals surface area contributed by atoms with Gasteiger partial charge in [0.25, 0.3) is 0 Å². The zero-order valence-corrected chi connectivity index (χ0v) is 18.3. The van der Waals surface area contributed by atoms with Crippen molar-refractivity contribution in [2.75, 3.05) is 6.61 Å². The smallest absolute Gasteiger partial charge is 0.244 e. The molecule has 1 atom stereocenters. The maximum atomic E-state index is 12.3. The second-order valence-corrected chi connectivity index (χ2v) is 7.87. The lowest BCUT2D eigenvalue weighted by molar-refractivity contribution is -0.435. The van der Waals surface area contributed by atoms with E-state index in [1.54, 1.807) is 0 Å². The van der Waals surface area contributed by atoms with E-state index in [2.05, 4.69) is 25.9 Å². The molecular formula is C25H36N2O2. The van der Waals surface area contributed by atoms with Gasteiger partial charge in [-0.25, -0.2) is 0 Å². The molecule has 0 aliphatic rings. The van der Waals surface area contributed by atoms with Crippen molar-refractivity contribution < 1.29 is 9.60 Å². The molecule has 2 aromatic rings. The predicted octanol–water partition coefficient (Wildman–Crippen LogP) is 7.94. The molecule has 2 rings (SSSR count). The highest BCUT2D eigenvalue weighted by atomic mass is 16.5. The van der Waals surface area contributed by atoms with Crippen LogP contribution in [-0.4, -0.2) is 11.5 Å². The van der Waals surface area contributed by atoms with Gasteiger partial charge < -0.3 is 9.94 Å². The molecule has 0 saturated carbocycles. The maximum Gasteiger partial charge on any atom is 0.244 e. The van der Waals surface area contributed by atoms with E-state index >= 15 is 0 Å². The van der Waals surface area contributed by atoms with Crippen molar-refractivity contribution in [1.29, 1.82) is 0 Å². The van der Waals surface area contributed by atoms with Crippen molar-refractivity contribution >= 4 is 11.4 Å². The largest absolute Gasteiger partial charge is 0.594 e. The fourth-order valence-corrected chi connectivity index (χ4v) is 3.15. The summed E-state index contributed by atoms with van der Waals surface area (Å²) < 4.78 is 5.78. The number of benzene rings is 2. The number of unbranched alkanes of at least 4 members (excludes halogenated alkanes) is 5. The average Bonchev–Trinajstić information content (AvgIpc) is 2.74. The van der Waals surface area contributed by atoms with Gasteiger partial charge in [-0.05, 0) is 48.6 Å². The number of nitrogens with zero attached hydrogens (tertiary/aromatic N) is 2. The molecule has 0 radical (unpaired) electrons. The summed E-state index contributed by atoms with van der Waals surface area (Å²) in [4.78, 5) is 0.680. The number of ether oxygens (including phenoxy) is 1. The normalized spacial score (nSPS) is 12.7. The lowest BCUT2D eigenvalue weighted by Gasteiger charge is -2.08. The van der Waals surface area contributed by atoms with Crippen molar-refractivity contribution in [3.8, 4) is 5.75 Å². The quantitative estimate of drug-likeness (QED) is 0.149. The number of azo groups is 1. The first kappa shape index (κ1) is 22.9. The Kier molecular flexibility index (Phi) is 10.3. The fraction of sp³-hybridized carbons (Fsp3) is 0.520. The van der Waals surface area contributed by atoms with Crippen molar-refractivity contribution in [2.24, 2.45) is 11.0 Å².